The van der Waals surface area contributed by atoms with Gasteiger partial charge in [0, 0.05) is 42.5 Å². The molecule has 3 aromatic heterocycles. The minimum atomic E-state index is 0.749. The quantitative estimate of drug-likeness (QED) is 0.524. The van der Waals surface area contributed by atoms with E-state index >= 15 is 0 Å². The molecule has 30 heavy (non-hydrogen) atoms. The zero-order chi connectivity index (χ0) is 19.9. The standard InChI is InChI=1S/C24H23N5O/c1-2-6-19-17(5-1)18(10-11-25-19)23-21-8-4-12-29(21)27-24(23)20-7-3-9-22(26-20)28-13-15-30-16-14-28/h1-3,5-7,9-11H,4,8,12-16H2. The van der Waals surface area contributed by atoms with Crippen molar-refractivity contribution in [1.82, 2.24) is 19.7 Å². The Hall–Kier alpha value is -3.25. The predicted octanol–water partition coefficient (Wildman–Crippen LogP) is 3.94. The first-order valence-electron chi connectivity index (χ1n) is 10.6. The summed E-state index contributed by atoms with van der Waals surface area (Å²) in [6, 6.07) is 16.7. The molecule has 6 heteroatoms. The summed E-state index contributed by atoms with van der Waals surface area (Å²) < 4.78 is 7.67. The summed E-state index contributed by atoms with van der Waals surface area (Å²) in [5.41, 5.74) is 6.61. The number of fused-ring (bicyclic) bond motifs is 2. The van der Waals surface area contributed by atoms with Crippen LogP contribution >= 0.6 is 0 Å². The molecule has 0 amide bonds. The van der Waals surface area contributed by atoms with Gasteiger partial charge in [0.25, 0.3) is 0 Å². The number of hydrogen-bond acceptors (Lipinski definition) is 5. The van der Waals surface area contributed by atoms with Crippen molar-refractivity contribution >= 4 is 16.7 Å². The number of aryl methyl sites for hydroxylation is 1. The molecule has 0 spiro atoms. The molecule has 2 aliphatic heterocycles. The predicted molar refractivity (Wildman–Crippen MR) is 118 cm³/mol. The van der Waals surface area contributed by atoms with Crippen LogP contribution in [0.25, 0.3) is 33.4 Å². The number of anilines is 1. The van der Waals surface area contributed by atoms with Crippen LogP contribution in [0.1, 0.15) is 12.1 Å². The van der Waals surface area contributed by atoms with E-state index in [1.165, 1.54) is 16.8 Å². The Balaban J connectivity index is 1.53. The second-order valence-corrected chi connectivity index (χ2v) is 7.85. The van der Waals surface area contributed by atoms with Crippen LogP contribution < -0.4 is 4.90 Å². The first-order valence-corrected chi connectivity index (χ1v) is 10.6. The van der Waals surface area contributed by atoms with E-state index in [1.807, 2.05) is 12.3 Å². The molecule has 1 fully saturated rings. The maximum Gasteiger partial charge on any atom is 0.129 e. The topological polar surface area (TPSA) is 56.1 Å². The van der Waals surface area contributed by atoms with Gasteiger partial charge in [-0.15, -0.1) is 0 Å². The normalized spacial score (nSPS) is 16.2. The molecular formula is C24H23N5O. The lowest BCUT2D eigenvalue weighted by molar-refractivity contribution is 0.122. The molecule has 0 saturated carbocycles. The van der Waals surface area contributed by atoms with Gasteiger partial charge in [0.1, 0.15) is 11.5 Å². The van der Waals surface area contributed by atoms with Crippen molar-refractivity contribution in [2.75, 3.05) is 31.2 Å². The number of pyridine rings is 2. The van der Waals surface area contributed by atoms with Gasteiger partial charge in [-0.2, -0.15) is 5.10 Å². The van der Waals surface area contributed by atoms with Crippen LogP contribution in [-0.4, -0.2) is 46.1 Å². The van der Waals surface area contributed by atoms with Crippen molar-refractivity contribution in [3.63, 3.8) is 0 Å². The van der Waals surface area contributed by atoms with E-state index in [-0.39, 0.29) is 0 Å². The minimum absolute atomic E-state index is 0.749. The van der Waals surface area contributed by atoms with Gasteiger partial charge in [0.2, 0.25) is 0 Å². The maximum atomic E-state index is 5.50. The third kappa shape index (κ3) is 2.87. The number of hydrogen-bond donors (Lipinski definition) is 0. The summed E-state index contributed by atoms with van der Waals surface area (Å²) >= 11 is 0. The summed E-state index contributed by atoms with van der Waals surface area (Å²) in [5, 5.41) is 6.18. The lowest BCUT2D eigenvalue weighted by Crippen LogP contribution is -2.36. The number of morpholine rings is 1. The average Bonchev–Trinajstić information content (AvgIpc) is 3.41. The Morgan fingerprint density at radius 2 is 1.80 bits per heavy atom. The van der Waals surface area contributed by atoms with Crippen molar-refractivity contribution < 1.29 is 4.74 Å². The molecule has 0 N–H and O–H groups in total. The molecule has 0 aliphatic carbocycles. The first kappa shape index (κ1) is 17.6. The smallest absolute Gasteiger partial charge is 0.129 e. The molecule has 2 aliphatic rings. The van der Waals surface area contributed by atoms with Crippen LogP contribution in [0, 0.1) is 0 Å². The number of benzene rings is 1. The van der Waals surface area contributed by atoms with Crippen LogP contribution in [0.4, 0.5) is 5.82 Å². The number of rotatable bonds is 3. The summed E-state index contributed by atoms with van der Waals surface area (Å²) in [6.45, 7) is 4.21. The van der Waals surface area contributed by atoms with Gasteiger partial charge in [-0.05, 0) is 42.7 Å². The third-order valence-corrected chi connectivity index (χ3v) is 6.07. The van der Waals surface area contributed by atoms with Gasteiger partial charge in [-0.25, -0.2) is 4.98 Å². The molecule has 0 atom stereocenters. The number of ether oxygens (including phenoxy) is 1. The van der Waals surface area contributed by atoms with Gasteiger partial charge in [0.15, 0.2) is 0 Å². The van der Waals surface area contributed by atoms with Gasteiger partial charge in [-0.3, -0.25) is 9.67 Å². The molecule has 4 aromatic rings. The van der Waals surface area contributed by atoms with Gasteiger partial charge in [-0.1, -0.05) is 24.3 Å². The Bertz CT molecular complexity index is 1220. The molecule has 1 saturated heterocycles. The largest absolute Gasteiger partial charge is 0.378 e. The molecule has 0 bridgehead atoms. The van der Waals surface area contributed by atoms with Crippen LogP contribution in [0.15, 0.2) is 54.7 Å². The van der Waals surface area contributed by atoms with Gasteiger partial charge in [0.05, 0.1) is 24.4 Å². The Kier molecular flexibility index (Phi) is 4.23. The minimum Gasteiger partial charge on any atom is -0.378 e. The summed E-state index contributed by atoms with van der Waals surface area (Å²) in [6.07, 6.45) is 4.08. The van der Waals surface area contributed by atoms with Crippen molar-refractivity contribution in [2.24, 2.45) is 0 Å². The van der Waals surface area contributed by atoms with E-state index in [1.54, 1.807) is 0 Å². The van der Waals surface area contributed by atoms with Crippen LogP contribution in [0.3, 0.4) is 0 Å². The molecule has 0 radical (unpaired) electrons. The first-order chi connectivity index (χ1) is 14.9. The SMILES string of the molecule is c1cc(-c2nn3c(c2-c2ccnc4ccccc24)CCC3)nc(N2CCOCC2)c1. The van der Waals surface area contributed by atoms with Crippen molar-refractivity contribution in [1.29, 1.82) is 0 Å². The van der Waals surface area contributed by atoms with E-state index in [0.717, 1.165) is 73.8 Å². The molecule has 150 valence electrons. The van der Waals surface area contributed by atoms with Gasteiger partial charge < -0.3 is 9.64 Å². The highest BCUT2D eigenvalue weighted by Gasteiger charge is 2.26. The highest BCUT2D eigenvalue weighted by atomic mass is 16.5. The van der Waals surface area contributed by atoms with Crippen LogP contribution in [0.5, 0.6) is 0 Å². The van der Waals surface area contributed by atoms with E-state index in [0.29, 0.717) is 0 Å². The number of nitrogens with zero attached hydrogens (tertiary/aromatic N) is 5. The second-order valence-electron chi connectivity index (χ2n) is 7.85. The van der Waals surface area contributed by atoms with Crippen molar-refractivity contribution in [3.8, 4) is 22.5 Å². The fourth-order valence-electron chi connectivity index (χ4n) is 4.63. The molecular weight excluding hydrogens is 374 g/mol. The average molecular weight is 397 g/mol. The highest BCUT2D eigenvalue weighted by Crippen LogP contribution is 2.39. The zero-order valence-electron chi connectivity index (χ0n) is 16.8. The Morgan fingerprint density at radius 1 is 0.900 bits per heavy atom. The summed E-state index contributed by atoms with van der Waals surface area (Å²) in [5.74, 6) is 0.995. The lowest BCUT2D eigenvalue weighted by atomic mass is 9.97. The Labute approximate surface area is 175 Å². The monoisotopic (exact) mass is 397 g/mol. The van der Waals surface area contributed by atoms with E-state index in [9.17, 15) is 0 Å². The fraction of sp³-hybridized carbons (Fsp3) is 0.292. The van der Waals surface area contributed by atoms with Crippen LogP contribution in [0.2, 0.25) is 0 Å². The summed E-state index contributed by atoms with van der Waals surface area (Å²) in [4.78, 5) is 11.9. The molecule has 1 aromatic carbocycles. The van der Waals surface area contributed by atoms with E-state index < -0.39 is 0 Å². The number of aromatic nitrogens is 4. The summed E-state index contributed by atoms with van der Waals surface area (Å²) in [7, 11) is 0. The fourth-order valence-corrected chi connectivity index (χ4v) is 4.63. The van der Waals surface area contributed by atoms with E-state index in [2.05, 4.69) is 57.0 Å². The Morgan fingerprint density at radius 3 is 2.73 bits per heavy atom. The number of para-hydroxylation sites is 1. The highest BCUT2D eigenvalue weighted by molar-refractivity contribution is 5.98. The zero-order valence-corrected chi connectivity index (χ0v) is 16.8. The van der Waals surface area contributed by atoms with Crippen molar-refractivity contribution in [2.45, 2.75) is 19.4 Å². The van der Waals surface area contributed by atoms with Crippen molar-refractivity contribution in [3.05, 3.63) is 60.4 Å². The third-order valence-electron chi connectivity index (χ3n) is 6.07. The van der Waals surface area contributed by atoms with Crippen LogP contribution in [-0.2, 0) is 17.7 Å². The lowest BCUT2D eigenvalue weighted by Gasteiger charge is -2.28. The van der Waals surface area contributed by atoms with E-state index in [4.69, 9.17) is 14.8 Å². The molecule has 5 heterocycles. The maximum absolute atomic E-state index is 5.50. The van der Waals surface area contributed by atoms with Gasteiger partial charge >= 0.3 is 0 Å². The molecule has 6 rings (SSSR count). The molecule has 0 unspecified atom stereocenters. The second kappa shape index (κ2) is 7.22. The molecule has 6 nitrogen and oxygen atoms in total.